The lowest BCUT2D eigenvalue weighted by Crippen LogP contribution is -2.28. The maximum atomic E-state index is 10.6. The van der Waals surface area contributed by atoms with Gasteiger partial charge in [0.15, 0.2) is 0 Å². The molecule has 0 unspecified atom stereocenters. The van der Waals surface area contributed by atoms with Crippen LogP contribution in [0, 0.1) is 0 Å². The van der Waals surface area contributed by atoms with Crippen molar-refractivity contribution >= 4 is 5.91 Å². The van der Waals surface area contributed by atoms with Crippen molar-refractivity contribution in [3.8, 4) is 5.75 Å². The fourth-order valence-corrected chi connectivity index (χ4v) is 1.55. The molecule has 1 aromatic carbocycles. The summed E-state index contributed by atoms with van der Waals surface area (Å²) in [7, 11) is 1.67. The summed E-state index contributed by atoms with van der Waals surface area (Å²) in [6.07, 6.45) is 0.923. The van der Waals surface area contributed by atoms with Gasteiger partial charge in [0.1, 0.15) is 5.75 Å². The maximum absolute atomic E-state index is 10.6. The third-order valence-electron chi connectivity index (χ3n) is 2.35. The van der Waals surface area contributed by atoms with E-state index in [1.165, 1.54) is 5.56 Å². The van der Waals surface area contributed by atoms with Crippen LogP contribution < -0.4 is 15.8 Å². The van der Waals surface area contributed by atoms with E-state index in [0.29, 0.717) is 6.54 Å². The van der Waals surface area contributed by atoms with E-state index in [9.17, 15) is 4.79 Å². The van der Waals surface area contributed by atoms with E-state index in [0.717, 1.165) is 17.7 Å². The molecule has 0 heterocycles. The molecule has 1 amide bonds. The number of primary amides is 1. The number of nitrogens with one attached hydrogen (secondary N) is 1. The maximum Gasteiger partial charge on any atom is 0.231 e. The van der Waals surface area contributed by atoms with Gasteiger partial charge in [0.05, 0.1) is 13.7 Å². The smallest absolute Gasteiger partial charge is 0.231 e. The topological polar surface area (TPSA) is 64.3 Å². The minimum Gasteiger partial charge on any atom is -0.496 e. The molecule has 1 rings (SSSR count). The first kappa shape index (κ1) is 12.5. The van der Waals surface area contributed by atoms with Crippen LogP contribution in [-0.2, 0) is 17.8 Å². The summed E-state index contributed by atoms with van der Waals surface area (Å²) in [5, 5.41) is 2.97. The molecule has 0 aromatic heterocycles. The molecule has 0 bridgehead atoms. The van der Waals surface area contributed by atoms with Gasteiger partial charge in [-0.1, -0.05) is 19.1 Å². The second kappa shape index (κ2) is 6.12. The van der Waals surface area contributed by atoms with Gasteiger partial charge in [-0.25, -0.2) is 0 Å². The van der Waals surface area contributed by atoms with Crippen molar-refractivity contribution in [1.29, 1.82) is 0 Å². The molecule has 0 fully saturated rings. The summed E-state index contributed by atoms with van der Waals surface area (Å²) in [5.74, 6) is 0.561. The highest BCUT2D eigenvalue weighted by Crippen LogP contribution is 2.20. The number of hydrogen-bond acceptors (Lipinski definition) is 3. The second-order valence-corrected chi connectivity index (χ2v) is 3.57. The monoisotopic (exact) mass is 222 g/mol. The van der Waals surface area contributed by atoms with Gasteiger partial charge in [0.2, 0.25) is 5.91 Å². The number of ether oxygens (including phenoxy) is 1. The van der Waals surface area contributed by atoms with Crippen LogP contribution >= 0.6 is 0 Å². The first-order chi connectivity index (χ1) is 7.67. The van der Waals surface area contributed by atoms with Crippen molar-refractivity contribution in [2.24, 2.45) is 5.73 Å². The van der Waals surface area contributed by atoms with Crippen LogP contribution in [0.25, 0.3) is 0 Å². The molecule has 88 valence electrons. The Labute approximate surface area is 95.8 Å². The summed E-state index contributed by atoms with van der Waals surface area (Å²) in [4.78, 5) is 10.6. The first-order valence-electron chi connectivity index (χ1n) is 5.32. The van der Waals surface area contributed by atoms with E-state index >= 15 is 0 Å². The highest BCUT2D eigenvalue weighted by atomic mass is 16.5. The summed E-state index contributed by atoms with van der Waals surface area (Å²) in [5.41, 5.74) is 7.33. The predicted molar refractivity (Wildman–Crippen MR) is 63.3 cm³/mol. The lowest BCUT2D eigenvalue weighted by Gasteiger charge is -2.09. The van der Waals surface area contributed by atoms with Crippen molar-refractivity contribution in [1.82, 2.24) is 5.32 Å². The van der Waals surface area contributed by atoms with Crippen LogP contribution in [0.4, 0.5) is 0 Å². The quantitative estimate of drug-likeness (QED) is 0.749. The number of nitrogens with two attached hydrogens (primary N) is 1. The number of hydrogen-bond donors (Lipinski definition) is 2. The molecular weight excluding hydrogens is 204 g/mol. The van der Waals surface area contributed by atoms with Gasteiger partial charge in [-0.2, -0.15) is 0 Å². The zero-order valence-electron chi connectivity index (χ0n) is 9.75. The Bertz CT molecular complexity index is 364. The molecule has 0 saturated heterocycles. The number of benzene rings is 1. The standard InChI is InChI=1S/C12H18N2O2/c1-3-10-6-9(4-5-11(10)16-2)7-14-8-12(13)15/h4-6,14H,3,7-8H2,1-2H3,(H2,13,15). The number of amides is 1. The van der Waals surface area contributed by atoms with Crippen LogP contribution in [-0.4, -0.2) is 19.6 Å². The molecule has 0 aliphatic heterocycles. The van der Waals surface area contributed by atoms with Crippen molar-refractivity contribution in [3.63, 3.8) is 0 Å². The average molecular weight is 222 g/mol. The van der Waals surface area contributed by atoms with Crippen LogP contribution in [0.2, 0.25) is 0 Å². The largest absolute Gasteiger partial charge is 0.496 e. The molecule has 3 N–H and O–H groups in total. The van der Waals surface area contributed by atoms with E-state index in [1.54, 1.807) is 7.11 Å². The fraction of sp³-hybridized carbons (Fsp3) is 0.417. The zero-order valence-corrected chi connectivity index (χ0v) is 9.75. The number of carbonyl (C=O) groups is 1. The summed E-state index contributed by atoms with van der Waals surface area (Å²) in [6, 6.07) is 6.00. The molecule has 4 heteroatoms. The molecular formula is C12H18N2O2. The molecule has 0 spiro atoms. The number of carbonyl (C=O) groups excluding carboxylic acids is 1. The number of methoxy groups -OCH3 is 1. The van der Waals surface area contributed by atoms with Crippen LogP contribution in [0.1, 0.15) is 18.1 Å². The fourth-order valence-electron chi connectivity index (χ4n) is 1.55. The third kappa shape index (κ3) is 3.55. The van der Waals surface area contributed by atoms with Crippen molar-refractivity contribution in [3.05, 3.63) is 29.3 Å². The Hall–Kier alpha value is -1.55. The lowest BCUT2D eigenvalue weighted by molar-refractivity contribution is -0.117. The highest BCUT2D eigenvalue weighted by Gasteiger charge is 2.02. The van der Waals surface area contributed by atoms with E-state index in [4.69, 9.17) is 10.5 Å². The second-order valence-electron chi connectivity index (χ2n) is 3.57. The molecule has 0 aliphatic rings. The van der Waals surface area contributed by atoms with Crippen molar-refractivity contribution < 1.29 is 9.53 Å². The molecule has 0 atom stereocenters. The van der Waals surface area contributed by atoms with Crippen molar-refractivity contribution in [2.45, 2.75) is 19.9 Å². The Balaban J connectivity index is 2.64. The summed E-state index contributed by atoms with van der Waals surface area (Å²) >= 11 is 0. The lowest BCUT2D eigenvalue weighted by atomic mass is 10.1. The van der Waals surface area contributed by atoms with Gasteiger partial charge >= 0.3 is 0 Å². The van der Waals surface area contributed by atoms with Gasteiger partial charge in [0.25, 0.3) is 0 Å². The van der Waals surface area contributed by atoms with Crippen LogP contribution in [0.3, 0.4) is 0 Å². The highest BCUT2D eigenvalue weighted by molar-refractivity contribution is 5.75. The van der Waals surface area contributed by atoms with E-state index in [2.05, 4.69) is 18.3 Å². The zero-order chi connectivity index (χ0) is 12.0. The van der Waals surface area contributed by atoms with E-state index < -0.39 is 0 Å². The van der Waals surface area contributed by atoms with Gasteiger partial charge in [-0.15, -0.1) is 0 Å². The molecule has 16 heavy (non-hydrogen) atoms. The molecule has 4 nitrogen and oxygen atoms in total. The number of aryl methyl sites for hydroxylation is 1. The average Bonchev–Trinajstić information content (AvgIpc) is 2.28. The molecule has 0 radical (unpaired) electrons. The Kier molecular flexibility index (Phi) is 4.79. The first-order valence-corrected chi connectivity index (χ1v) is 5.32. The minimum absolute atomic E-state index is 0.202. The van der Waals surface area contributed by atoms with Gasteiger partial charge in [0, 0.05) is 6.54 Å². The van der Waals surface area contributed by atoms with Gasteiger partial charge in [-0.3, -0.25) is 4.79 Å². The molecule has 1 aromatic rings. The van der Waals surface area contributed by atoms with Gasteiger partial charge in [-0.05, 0) is 23.6 Å². The normalized spacial score (nSPS) is 10.1. The van der Waals surface area contributed by atoms with Gasteiger partial charge < -0.3 is 15.8 Å². The predicted octanol–water partition coefficient (Wildman–Crippen LogP) is 0.832. The molecule has 0 aliphatic carbocycles. The number of rotatable bonds is 6. The summed E-state index contributed by atoms with van der Waals surface area (Å²) in [6.45, 7) is 2.92. The molecule has 0 saturated carbocycles. The van der Waals surface area contributed by atoms with Crippen LogP contribution in [0.5, 0.6) is 5.75 Å². The summed E-state index contributed by atoms with van der Waals surface area (Å²) < 4.78 is 5.24. The van der Waals surface area contributed by atoms with E-state index in [1.807, 2.05) is 12.1 Å². The minimum atomic E-state index is -0.343. The van der Waals surface area contributed by atoms with Crippen LogP contribution in [0.15, 0.2) is 18.2 Å². The Morgan fingerprint density at radius 3 is 2.81 bits per heavy atom. The van der Waals surface area contributed by atoms with Crippen molar-refractivity contribution in [2.75, 3.05) is 13.7 Å². The third-order valence-corrected chi connectivity index (χ3v) is 2.35. The van der Waals surface area contributed by atoms with E-state index in [-0.39, 0.29) is 12.5 Å². The SMILES string of the molecule is CCc1cc(CNCC(N)=O)ccc1OC. The Morgan fingerprint density at radius 1 is 1.50 bits per heavy atom. The Morgan fingerprint density at radius 2 is 2.25 bits per heavy atom.